The van der Waals surface area contributed by atoms with Crippen LogP contribution in [0, 0.1) is 0 Å². The van der Waals surface area contributed by atoms with Crippen molar-refractivity contribution < 1.29 is 4.74 Å². The van der Waals surface area contributed by atoms with Crippen LogP contribution >= 0.6 is 11.6 Å². The van der Waals surface area contributed by atoms with Gasteiger partial charge in [-0.25, -0.2) is 4.98 Å². The maximum Gasteiger partial charge on any atom is 0.119 e. The molecule has 0 aliphatic carbocycles. The lowest BCUT2D eigenvalue weighted by molar-refractivity contribution is 0.304. The summed E-state index contributed by atoms with van der Waals surface area (Å²) < 4.78 is 8.11. The minimum absolute atomic E-state index is 0.162. The summed E-state index contributed by atoms with van der Waals surface area (Å²) in [6, 6.07) is 14.8. The molecular weight excluding hydrogens is 420 g/mol. The maximum atomic E-state index is 6.24. The number of aromatic nitrogens is 3. The first kappa shape index (κ1) is 21.1. The topological polar surface area (TPSA) is 54.9 Å². The standard InChI is InChI=1S/C26H29ClN4O/c27-20-7-10-24-23(17-20)22-11-12-29-25(26(22)30-24)19-5-8-21(9-6-19)32-16-4-2-1-3-14-31-15-13-28-18-31/h5-10,13,15,17-18,25,29-30H,1-4,11-12,14,16H2. The number of benzene rings is 2. The van der Waals surface area contributed by atoms with Crippen LogP contribution in [0.15, 0.2) is 61.2 Å². The number of rotatable bonds is 9. The number of aryl methyl sites for hydroxylation is 1. The van der Waals surface area contributed by atoms with Gasteiger partial charge < -0.3 is 19.6 Å². The first-order valence-corrected chi connectivity index (χ1v) is 11.9. The van der Waals surface area contributed by atoms with Gasteiger partial charge in [0.15, 0.2) is 0 Å². The van der Waals surface area contributed by atoms with Crippen molar-refractivity contribution in [2.75, 3.05) is 13.2 Å². The number of H-pyrrole nitrogens is 1. The van der Waals surface area contributed by atoms with Gasteiger partial charge in [-0.05, 0) is 60.7 Å². The molecule has 2 N–H and O–H groups in total. The molecule has 1 atom stereocenters. The molecule has 1 aliphatic rings. The number of hydrogen-bond donors (Lipinski definition) is 2. The molecule has 0 radical (unpaired) electrons. The Balaban J connectivity index is 1.14. The number of halogens is 1. The summed E-state index contributed by atoms with van der Waals surface area (Å²) in [5, 5.41) is 5.68. The summed E-state index contributed by atoms with van der Waals surface area (Å²) in [6.07, 6.45) is 11.4. The molecule has 0 bridgehead atoms. The van der Waals surface area contributed by atoms with Crippen LogP contribution in [0.3, 0.4) is 0 Å². The zero-order chi connectivity index (χ0) is 21.8. The lowest BCUT2D eigenvalue weighted by atomic mass is 9.94. The molecule has 3 heterocycles. The van der Waals surface area contributed by atoms with E-state index >= 15 is 0 Å². The van der Waals surface area contributed by atoms with Crippen LogP contribution in [0.4, 0.5) is 0 Å². The molecule has 2 aromatic heterocycles. The van der Waals surface area contributed by atoms with Crippen molar-refractivity contribution in [2.45, 2.75) is 44.7 Å². The van der Waals surface area contributed by atoms with E-state index in [-0.39, 0.29) is 6.04 Å². The molecule has 5 nitrogen and oxygen atoms in total. The zero-order valence-electron chi connectivity index (χ0n) is 18.2. The van der Waals surface area contributed by atoms with E-state index in [9.17, 15) is 0 Å². The highest BCUT2D eigenvalue weighted by molar-refractivity contribution is 6.31. The first-order valence-electron chi connectivity index (χ1n) is 11.5. The third-order valence-corrected chi connectivity index (χ3v) is 6.50. The Morgan fingerprint density at radius 1 is 1.06 bits per heavy atom. The van der Waals surface area contributed by atoms with Crippen molar-refractivity contribution in [1.82, 2.24) is 19.9 Å². The molecule has 166 valence electrons. The lowest BCUT2D eigenvalue weighted by Gasteiger charge is -2.25. The molecule has 5 rings (SSSR count). The van der Waals surface area contributed by atoms with E-state index < -0.39 is 0 Å². The van der Waals surface area contributed by atoms with Crippen LogP contribution < -0.4 is 10.1 Å². The van der Waals surface area contributed by atoms with Crippen LogP contribution in [0.25, 0.3) is 10.9 Å². The van der Waals surface area contributed by atoms with Crippen molar-refractivity contribution >= 4 is 22.5 Å². The Kier molecular flexibility index (Phi) is 6.46. The molecule has 4 aromatic rings. The van der Waals surface area contributed by atoms with Crippen molar-refractivity contribution in [1.29, 1.82) is 0 Å². The third kappa shape index (κ3) is 4.69. The third-order valence-electron chi connectivity index (χ3n) is 6.27. The Morgan fingerprint density at radius 3 is 2.78 bits per heavy atom. The van der Waals surface area contributed by atoms with Crippen LogP contribution in [0.2, 0.25) is 5.02 Å². The first-order chi connectivity index (χ1) is 15.8. The average Bonchev–Trinajstić information content (AvgIpc) is 3.46. The Labute approximate surface area is 193 Å². The number of aromatic amines is 1. The van der Waals surface area contributed by atoms with Crippen molar-refractivity contribution in [3.63, 3.8) is 0 Å². The van der Waals surface area contributed by atoms with Crippen molar-refractivity contribution in [2.24, 2.45) is 0 Å². The maximum absolute atomic E-state index is 6.24. The second kappa shape index (κ2) is 9.80. The van der Waals surface area contributed by atoms with Gasteiger partial charge in [-0.15, -0.1) is 0 Å². The predicted octanol–water partition coefficient (Wildman–Crippen LogP) is 5.89. The molecule has 32 heavy (non-hydrogen) atoms. The van der Waals surface area contributed by atoms with Crippen molar-refractivity contribution in [3.05, 3.63) is 83.0 Å². The molecular formula is C26H29ClN4O. The van der Waals surface area contributed by atoms with Crippen LogP contribution in [-0.2, 0) is 13.0 Å². The summed E-state index contributed by atoms with van der Waals surface area (Å²) >= 11 is 6.24. The van der Waals surface area contributed by atoms with Crippen LogP contribution in [0.1, 0.15) is 48.5 Å². The second-order valence-corrected chi connectivity index (χ2v) is 8.91. The Bertz CT molecular complexity index is 1150. The van der Waals surface area contributed by atoms with Gasteiger partial charge in [0.25, 0.3) is 0 Å². The van der Waals surface area contributed by atoms with E-state index in [0.717, 1.165) is 48.8 Å². The molecule has 0 saturated carbocycles. The smallest absolute Gasteiger partial charge is 0.119 e. The number of fused-ring (bicyclic) bond motifs is 3. The molecule has 1 unspecified atom stereocenters. The van der Waals surface area contributed by atoms with Gasteiger partial charge in [-0.2, -0.15) is 0 Å². The molecule has 2 aromatic carbocycles. The number of hydrogen-bond acceptors (Lipinski definition) is 3. The fourth-order valence-electron chi connectivity index (χ4n) is 4.60. The van der Waals surface area contributed by atoms with Crippen molar-refractivity contribution in [3.8, 4) is 5.75 Å². The predicted molar refractivity (Wildman–Crippen MR) is 129 cm³/mol. The largest absolute Gasteiger partial charge is 0.494 e. The average molecular weight is 449 g/mol. The highest BCUT2D eigenvalue weighted by atomic mass is 35.5. The Morgan fingerprint density at radius 2 is 1.94 bits per heavy atom. The fourth-order valence-corrected chi connectivity index (χ4v) is 4.77. The second-order valence-electron chi connectivity index (χ2n) is 8.48. The minimum atomic E-state index is 0.162. The highest BCUT2D eigenvalue weighted by Gasteiger charge is 2.25. The van der Waals surface area contributed by atoms with E-state index in [1.54, 1.807) is 0 Å². The van der Waals surface area contributed by atoms with E-state index in [1.165, 1.54) is 41.5 Å². The molecule has 0 amide bonds. The summed E-state index contributed by atoms with van der Waals surface area (Å²) in [5.74, 6) is 0.937. The van der Waals surface area contributed by atoms with Gasteiger partial charge in [-0.3, -0.25) is 0 Å². The van der Waals surface area contributed by atoms with Gasteiger partial charge in [0.05, 0.1) is 19.0 Å². The number of nitrogens with one attached hydrogen (secondary N) is 2. The van der Waals surface area contributed by atoms with Gasteiger partial charge in [0.2, 0.25) is 0 Å². The summed E-state index contributed by atoms with van der Waals surface area (Å²) in [7, 11) is 0. The lowest BCUT2D eigenvalue weighted by Crippen LogP contribution is -2.30. The quantitative estimate of drug-likeness (QED) is 0.314. The number of nitrogens with zero attached hydrogens (tertiary/aromatic N) is 2. The normalized spacial score (nSPS) is 15.7. The van der Waals surface area contributed by atoms with Gasteiger partial charge in [-0.1, -0.05) is 36.6 Å². The zero-order valence-corrected chi connectivity index (χ0v) is 18.9. The van der Waals surface area contributed by atoms with E-state index in [2.05, 4.69) is 56.3 Å². The van der Waals surface area contributed by atoms with E-state index in [1.807, 2.05) is 24.8 Å². The van der Waals surface area contributed by atoms with Crippen LogP contribution in [-0.4, -0.2) is 27.7 Å². The molecule has 0 fully saturated rings. The number of imidazole rings is 1. The fraction of sp³-hybridized carbons (Fsp3) is 0.346. The Hall–Kier alpha value is -2.76. The molecule has 6 heteroatoms. The molecule has 0 saturated heterocycles. The minimum Gasteiger partial charge on any atom is -0.494 e. The molecule has 1 aliphatic heterocycles. The summed E-state index contributed by atoms with van der Waals surface area (Å²) in [4.78, 5) is 7.69. The number of ether oxygens (including phenoxy) is 1. The van der Waals surface area contributed by atoms with E-state index in [0.29, 0.717) is 0 Å². The SMILES string of the molecule is Clc1ccc2[nH]c3c(c2c1)CCNC3c1ccc(OCCCCCCn2ccnc2)cc1. The van der Waals surface area contributed by atoms with E-state index in [4.69, 9.17) is 16.3 Å². The molecule has 0 spiro atoms. The summed E-state index contributed by atoms with van der Waals surface area (Å²) in [5.41, 5.74) is 5.02. The van der Waals surface area contributed by atoms with Gasteiger partial charge in [0.1, 0.15) is 5.75 Å². The van der Waals surface area contributed by atoms with Crippen LogP contribution in [0.5, 0.6) is 5.75 Å². The summed E-state index contributed by atoms with van der Waals surface area (Å²) in [6.45, 7) is 2.76. The monoisotopic (exact) mass is 448 g/mol. The highest BCUT2D eigenvalue weighted by Crippen LogP contribution is 2.35. The van der Waals surface area contributed by atoms with Gasteiger partial charge in [0, 0.05) is 47.1 Å². The number of unbranched alkanes of at least 4 members (excludes halogenated alkanes) is 3. The van der Waals surface area contributed by atoms with Gasteiger partial charge >= 0.3 is 0 Å².